The normalized spacial score (nSPS) is 11.7. The largest absolute Gasteiger partial charge is 0.438 e. The number of fused-ring (bicyclic) bond motifs is 1. The lowest BCUT2D eigenvalue weighted by molar-refractivity contribution is 0.538. The molecule has 2 heterocycles. The maximum absolute atomic E-state index is 12.1. The molecule has 0 aliphatic carbocycles. The molecule has 3 aromatic rings. The Labute approximate surface area is 136 Å². The van der Waals surface area contributed by atoms with Crippen molar-refractivity contribution in [2.24, 2.45) is 0 Å². The van der Waals surface area contributed by atoms with Crippen LogP contribution >= 0.6 is 0 Å². The third-order valence-electron chi connectivity index (χ3n) is 4.05. The molecule has 0 bridgehead atoms. The molecule has 0 unspecified atom stereocenters. The smallest absolute Gasteiger partial charge is 0.271 e. The summed E-state index contributed by atoms with van der Waals surface area (Å²) in [7, 11) is 0. The van der Waals surface area contributed by atoms with Crippen molar-refractivity contribution in [3.05, 3.63) is 56.8 Å². The van der Waals surface area contributed by atoms with Crippen LogP contribution in [0.5, 0.6) is 0 Å². The number of hydrogen-bond acceptors (Lipinski definition) is 4. The van der Waals surface area contributed by atoms with Gasteiger partial charge in [-0.05, 0) is 49.9 Å². The molecule has 120 valence electrons. The lowest BCUT2D eigenvalue weighted by atomic mass is 10.1. The molecule has 5 heteroatoms. The second-order valence-corrected chi connectivity index (χ2v) is 5.75. The fourth-order valence-corrected chi connectivity index (χ4v) is 2.65. The SMILES string of the molecule is [3H]c1cc(C)c2oc(CNc3cc(CC)c(C)[nH]c3=O)nc2c1C. The second kappa shape index (κ2) is 5.91. The number of pyridine rings is 1. The van der Waals surface area contributed by atoms with Gasteiger partial charge in [-0.2, -0.15) is 0 Å². The molecule has 2 N–H and O–H groups in total. The highest BCUT2D eigenvalue weighted by Crippen LogP contribution is 2.23. The number of nitrogens with zero attached hydrogens (tertiary/aromatic N) is 1. The number of aromatic nitrogens is 2. The monoisotopic (exact) mass is 313 g/mol. The van der Waals surface area contributed by atoms with Crippen molar-refractivity contribution >= 4 is 16.8 Å². The number of rotatable bonds is 4. The van der Waals surface area contributed by atoms with Crippen LogP contribution in [0.25, 0.3) is 11.1 Å². The van der Waals surface area contributed by atoms with Crippen LogP contribution in [-0.4, -0.2) is 9.97 Å². The highest BCUT2D eigenvalue weighted by molar-refractivity contribution is 5.79. The van der Waals surface area contributed by atoms with Crippen molar-refractivity contribution in [1.29, 1.82) is 0 Å². The fraction of sp³-hybridized carbons (Fsp3) is 0.333. The Morgan fingerprint density at radius 1 is 1.35 bits per heavy atom. The van der Waals surface area contributed by atoms with Crippen LogP contribution in [0.15, 0.2) is 27.4 Å². The van der Waals surface area contributed by atoms with Crippen molar-refractivity contribution < 1.29 is 5.79 Å². The van der Waals surface area contributed by atoms with E-state index in [0.717, 1.165) is 28.8 Å². The van der Waals surface area contributed by atoms with E-state index in [1.165, 1.54) is 0 Å². The highest BCUT2D eigenvalue weighted by atomic mass is 16.3. The van der Waals surface area contributed by atoms with Gasteiger partial charge in [-0.1, -0.05) is 19.0 Å². The first-order valence-corrected chi connectivity index (χ1v) is 7.73. The Kier molecular flexibility index (Phi) is 3.61. The molecule has 3 rings (SSSR count). The molecule has 0 aliphatic rings. The van der Waals surface area contributed by atoms with Gasteiger partial charge in [-0.15, -0.1) is 0 Å². The van der Waals surface area contributed by atoms with Crippen molar-refractivity contribution in [3.8, 4) is 0 Å². The second-order valence-electron chi connectivity index (χ2n) is 5.75. The Balaban J connectivity index is 1.90. The van der Waals surface area contributed by atoms with Gasteiger partial charge in [-0.25, -0.2) is 4.98 Å². The molecule has 0 radical (unpaired) electrons. The molecule has 0 saturated carbocycles. The third-order valence-corrected chi connectivity index (χ3v) is 4.05. The van der Waals surface area contributed by atoms with Gasteiger partial charge in [0, 0.05) is 5.69 Å². The van der Waals surface area contributed by atoms with Crippen LogP contribution in [0.4, 0.5) is 5.69 Å². The van der Waals surface area contributed by atoms with E-state index >= 15 is 0 Å². The van der Waals surface area contributed by atoms with E-state index in [0.29, 0.717) is 35.3 Å². The summed E-state index contributed by atoms with van der Waals surface area (Å²) in [6, 6.07) is 4.10. The molecule has 2 aromatic heterocycles. The zero-order chi connectivity index (χ0) is 17.4. The molecule has 0 spiro atoms. The number of hydrogen-bond donors (Lipinski definition) is 2. The molecule has 0 fully saturated rings. The summed E-state index contributed by atoms with van der Waals surface area (Å²) in [5.74, 6) is 0.500. The van der Waals surface area contributed by atoms with Gasteiger partial charge in [0.2, 0.25) is 5.89 Å². The summed E-state index contributed by atoms with van der Waals surface area (Å²) < 4.78 is 13.7. The first kappa shape index (κ1) is 14.1. The highest BCUT2D eigenvalue weighted by Gasteiger charge is 2.11. The zero-order valence-corrected chi connectivity index (χ0v) is 13.8. The predicted octanol–water partition coefficient (Wildman–Crippen LogP) is 3.62. The predicted molar refractivity (Wildman–Crippen MR) is 92.0 cm³/mol. The van der Waals surface area contributed by atoms with Gasteiger partial charge in [0.05, 0.1) is 7.92 Å². The number of benzene rings is 1. The van der Waals surface area contributed by atoms with E-state index in [9.17, 15) is 4.79 Å². The summed E-state index contributed by atoms with van der Waals surface area (Å²) in [4.78, 5) is 19.4. The Hall–Kier alpha value is -2.56. The summed E-state index contributed by atoms with van der Waals surface area (Å²) >= 11 is 0. The minimum Gasteiger partial charge on any atom is -0.438 e. The standard InChI is InChI=1S/C18H21N3O2/c1-5-13-8-14(18(22)20-12(13)4)19-9-15-21-16-10(2)6-7-11(3)17(16)23-15/h6-8,19H,5,9H2,1-4H3,(H,20,22)/i6T. The Morgan fingerprint density at radius 3 is 2.87 bits per heavy atom. The summed E-state index contributed by atoms with van der Waals surface area (Å²) in [5.41, 5.74) is 5.45. The zero-order valence-electron chi connectivity index (χ0n) is 14.8. The minimum atomic E-state index is -0.151. The Bertz CT molecular complexity index is 973. The molecular weight excluding hydrogens is 290 g/mol. The van der Waals surface area contributed by atoms with E-state index in [1.807, 2.05) is 26.8 Å². The number of aromatic amines is 1. The van der Waals surface area contributed by atoms with Crippen LogP contribution < -0.4 is 10.9 Å². The third kappa shape index (κ3) is 2.86. The van der Waals surface area contributed by atoms with Crippen molar-refractivity contribution in [3.63, 3.8) is 0 Å². The maximum atomic E-state index is 12.1. The Morgan fingerprint density at radius 2 is 2.13 bits per heavy atom. The van der Waals surface area contributed by atoms with Gasteiger partial charge in [0.15, 0.2) is 5.58 Å². The van der Waals surface area contributed by atoms with Crippen LogP contribution in [-0.2, 0) is 13.0 Å². The van der Waals surface area contributed by atoms with Crippen LogP contribution in [0, 0.1) is 20.8 Å². The average Bonchev–Trinajstić information content (AvgIpc) is 2.97. The molecule has 5 nitrogen and oxygen atoms in total. The van der Waals surface area contributed by atoms with Gasteiger partial charge < -0.3 is 14.7 Å². The lowest BCUT2D eigenvalue weighted by Gasteiger charge is -2.07. The first-order chi connectivity index (χ1) is 11.4. The summed E-state index contributed by atoms with van der Waals surface area (Å²) in [5, 5.41) is 3.10. The van der Waals surface area contributed by atoms with Crippen LogP contribution in [0.1, 0.15) is 36.6 Å². The first-order valence-electron chi connectivity index (χ1n) is 8.23. The van der Waals surface area contributed by atoms with Gasteiger partial charge in [0.25, 0.3) is 5.56 Å². The lowest BCUT2D eigenvalue weighted by Crippen LogP contribution is -2.16. The number of anilines is 1. The quantitative estimate of drug-likeness (QED) is 0.772. The fourth-order valence-electron chi connectivity index (χ4n) is 2.65. The van der Waals surface area contributed by atoms with Crippen LogP contribution in [0.3, 0.4) is 0 Å². The van der Waals surface area contributed by atoms with E-state index in [-0.39, 0.29) is 5.56 Å². The van der Waals surface area contributed by atoms with Gasteiger partial charge in [-0.3, -0.25) is 4.79 Å². The van der Waals surface area contributed by atoms with E-state index in [2.05, 4.69) is 22.2 Å². The molecule has 0 amide bonds. The van der Waals surface area contributed by atoms with Crippen molar-refractivity contribution in [2.45, 2.75) is 40.7 Å². The maximum Gasteiger partial charge on any atom is 0.271 e. The number of oxazole rings is 1. The summed E-state index contributed by atoms with van der Waals surface area (Å²) in [6.07, 6.45) is 0.852. The summed E-state index contributed by atoms with van der Waals surface area (Å²) in [6.45, 7) is 8.03. The number of aryl methyl sites for hydroxylation is 4. The number of H-pyrrole nitrogens is 1. The van der Waals surface area contributed by atoms with Gasteiger partial charge >= 0.3 is 0 Å². The van der Waals surface area contributed by atoms with Crippen molar-refractivity contribution in [1.82, 2.24) is 9.97 Å². The molecule has 23 heavy (non-hydrogen) atoms. The topological polar surface area (TPSA) is 70.9 Å². The van der Waals surface area contributed by atoms with E-state index < -0.39 is 0 Å². The average molecular weight is 313 g/mol. The number of nitrogens with one attached hydrogen (secondary N) is 2. The van der Waals surface area contributed by atoms with Crippen LogP contribution in [0.2, 0.25) is 0 Å². The van der Waals surface area contributed by atoms with Crippen molar-refractivity contribution in [2.75, 3.05) is 5.32 Å². The molecule has 0 atom stereocenters. The molecule has 0 aliphatic heterocycles. The van der Waals surface area contributed by atoms with Gasteiger partial charge in [0.1, 0.15) is 11.2 Å². The minimum absolute atomic E-state index is 0.151. The molecule has 1 aromatic carbocycles. The van der Waals surface area contributed by atoms with E-state index in [1.54, 1.807) is 6.07 Å². The van der Waals surface area contributed by atoms with E-state index in [4.69, 9.17) is 5.79 Å². The molecular formula is C18H21N3O2. The molecule has 0 saturated heterocycles.